The molecule has 6 rings (SSSR count). The Balaban J connectivity index is 1.54. The molecule has 3 aromatic heterocycles. The first-order chi connectivity index (χ1) is 16.2. The molecule has 5 aromatic rings. The number of piperidine rings is 1. The maximum absolute atomic E-state index is 12.6. The Hall–Kier alpha value is -4.04. The summed E-state index contributed by atoms with van der Waals surface area (Å²) >= 11 is 0. The van der Waals surface area contributed by atoms with Crippen molar-refractivity contribution in [2.24, 2.45) is 0 Å². The van der Waals surface area contributed by atoms with E-state index in [0.717, 1.165) is 53.6 Å². The topological polar surface area (TPSA) is 108 Å². The lowest BCUT2D eigenvalue weighted by Gasteiger charge is -2.25. The highest BCUT2D eigenvalue weighted by Crippen LogP contribution is 2.32. The van der Waals surface area contributed by atoms with Crippen molar-refractivity contribution in [2.45, 2.75) is 18.9 Å². The quantitative estimate of drug-likeness (QED) is 0.401. The molecule has 1 saturated heterocycles. The normalized spacial score (nSPS) is 14.8. The maximum atomic E-state index is 12.6. The molecule has 0 radical (unpaired) electrons. The minimum atomic E-state index is -0.537. The average Bonchev–Trinajstić information content (AvgIpc) is 3.22. The molecular formula is C25H22N6O2. The molecule has 0 saturated carbocycles. The van der Waals surface area contributed by atoms with E-state index in [0.29, 0.717) is 11.4 Å². The highest BCUT2D eigenvalue weighted by molar-refractivity contribution is 5.89. The minimum Gasteiger partial charge on any atom is -0.317 e. The van der Waals surface area contributed by atoms with Crippen LogP contribution in [0.4, 0.5) is 0 Å². The van der Waals surface area contributed by atoms with E-state index in [4.69, 9.17) is 9.97 Å². The van der Waals surface area contributed by atoms with Crippen LogP contribution in [0.25, 0.3) is 44.5 Å². The molecule has 0 unspecified atom stereocenters. The number of rotatable bonds is 3. The second kappa shape index (κ2) is 7.83. The Morgan fingerprint density at radius 3 is 2.58 bits per heavy atom. The molecule has 0 bridgehead atoms. The average molecular weight is 438 g/mol. The number of fused-ring (bicyclic) bond motifs is 2. The van der Waals surface area contributed by atoms with Crippen LogP contribution in [0.15, 0.2) is 70.5 Å². The number of benzene rings is 2. The smallest absolute Gasteiger partial charge is 0.317 e. The van der Waals surface area contributed by atoms with E-state index in [9.17, 15) is 9.59 Å². The first-order valence-corrected chi connectivity index (χ1v) is 11.1. The summed E-state index contributed by atoms with van der Waals surface area (Å²) in [6.45, 7) is 1.78. The van der Waals surface area contributed by atoms with Crippen molar-refractivity contribution in [3.8, 4) is 22.5 Å². The summed E-state index contributed by atoms with van der Waals surface area (Å²) in [6.07, 6.45) is 5.12. The predicted molar refractivity (Wildman–Crippen MR) is 128 cm³/mol. The standard InChI is InChI=1S/C25H22N6O2/c32-24-20(14-28-25(33)30-24)22-29-21-12-18(17-6-5-15-3-1-2-4-16(15)11-17)13-27-23(21)31(22)19-7-9-26-10-8-19/h1-6,11-14,19,26H,7-10H2,(H2,28,30,32,33). The summed E-state index contributed by atoms with van der Waals surface area (Å²) in [7, 11) is 0. The largest absolute Gasteiger partial charge is 0.325 e. The predicted octanol–water partition coefficient (Wildman–Crippen LogP) is 3.22. The Morgan fingerprint density at radius 1 is 0.939 bits per heavy atom. The molecule has 33 heavy (non-hydrogen) atoms. The zero-order valence-electron chi connectivity index (χ0n) is 17.8. The molecule has 1 fully saturated rings. The molecule has 2 aromatic carbocycles. The SMILES string of the molecule is O=c1[nH]cc(-c2nc3cc(-c4ccc5ccccc5c4)cnc3n2C2CCNCC2)c(=O)[nH]1. The van der Waals surface area contributed by atoms with Gasteiger partial charge in [0.25, 0.3) is 5.56 Å². The molecule has 1 aliphatic heterocycles. The van der Waals surface area contributed by atoms with Crippen LogP contribution in [-0.2, 0) is 0 Å². The van der Waals surface area contributed by atoms with Crippen LogP contribution in [0.5, 0.6) is 0 Å². The first kappa shape index (κ1) is 19.6. The molecule has 8 nitrogen and oxygen atoms in total. The van der Waals surface area contributed by atoms with Crippen LogP contribution in [0.1, 0.15) is 18.9 Å². The maximum Gasteiger partial charge on any atom is 0.325 e. The number of aromatic nitrogens is 5. The number of aromatic amines is 2. The highest BCUT2D eigenvalue weighted by Gasteiger charge is 2.24. The summed E-state index contributed by atoms with van der Waals surface area (Å²) in [4.78, 5) is 38.7. The summed E-state index contributed by atoms with van der Waals surface area (Å²) in [5.74, 6) is 0.526. The number of nitrogens with zero attached hydrogens (tertiary/aromatic N) is 3. The van der Waals surface area contributed by atoms with Gasteiger partial charge in [0.05, 0.1) is 5.56 Å². The van der Waals surface area contributed by atoms with Crippen molar-refractivity contribution in [1.29, 1.82) is 0 Å². The van der Waals surface area contributed by atoms with Gasteiger partial charge in [0.1, 0.15) is 11.3 Å². The van der Waals surface area contributed by atoms with Crippen LogP contribution < -0.4 is 16.6 Å². The zero-order valence-corrected chi connectivity index (χ0v) is 17.8. The monoisotopic (exact) mass is 438 g/mol. The fourth-order valence-electron chi connectivity index (χ4n) is 4.69. The van der Waals surface area contributed by atoms with E-state index in [-0.39, 0.29) is 6.04 Å². The fourth-order valence-corrected chi connectivity index (χ4v) is 4.69. The summed E-state index contributed by atoms with van der Waals surface area (Å²) in [6, 6.07) is 16.8. The van der Waals surface area contributed by atoms with Gasteiger partial charge >= 0.3 is 5.69 Å². The van der Waals surface area contributed by atoms with E-state index in [1.54, 1.807) is 0 Å². The van der Waals surface area contributed by atoms with Crippen molar-refractivity contribution in [1.82, 2.24) is 29.8 Å². The molecule has 3 N–H and O–H groups in total. The Kier molecular flexibility index (Phi) is 4.66. The van der Waals surface area contributed by atoms with Gasteiger partial charge in [0, 0.05) is 24.0 Å². The third kappa shape index (κ3) is 3.44. The lowest BCUT2D eigenvalue weighted by Crippen LogP contribution is -2.30. The van der Waals surface area contributed by atoms with Gasteiger partial charge in [0.2, 0.25) is 0 Å². The van der Waals surface area contributed by atoms with Crippen LogP contribution in [-0.4, -0.2) is 37.6 Å². The number of pyridine rings is 1. The van der Waals surface area contributed by atoms with E-state index >= 15 is 0 Å². The molecular weight excluding hydrogens is 416 g/mol. The lowest BCUT2D eigenvalue weighted by atomic mass is 10.0. The summed E-state index contributed by atoms with van der Waals surface area (Å²) < 4.78 is 2.06. The number of imidazole rings is 1. The molecule has 0 aliphatic carbocycles. The molecule has 4 heterocycles. The van der Waals surface area contributed by atoms with E-state index in [1.807, 2.05) is 24.4 Å². The van der Waals surface area contributed by atoms with Gasteiger partial charge < -0.3 is 14.9 Å². The highest BCUT2D eigenvalue weighted by atomic mass is 16.2. The summed E-state index contributed by atoms with van der Waals surface area (Å²) in [5, 5.41) is 5.73. The van der Waals surface area contributed by atoms with Crippen molar-refractivity contribution in [3.05, 3.63) is 81.8 Å². The Bertz CT molecular complexity index is 1610. The molecule has 8 heteroatoms. The van der Waals surface area contributed by atoms with Crippen molar-refractivity contribution >= 4 is 21.9 Å². The van der Waals surface area contributed by atoms with E-state index < -0.39 is 11.2 Å². The molecule has 0 spiro atoms. The third-order valence-electron chi connectivity index (χ3n) is 6.35. The van der Waals surface area contributed by atoms with E-state index in [1.165, 1.54) is 11.6 Å². The second-order valence-corrected chi connectivity index (χ2v) is 8.40. The van der Waals surface area contributed by atoms with Crippen LogP contribution in [0.3, 0.4) is 0 Å². The van der Waals surface area contributed by atoms with Gasteiger partial charge in [-0.1, -0.05) is 36.4 Å². The van der Waals surface area contributed by atoms with Gasteiger partial charge in [-0.25, -0.2) is 14.8 Å². The van der Waals surface area contributed by atoms with Crippen LogP contribution in [0, 0.1) is 0 Å². The van der Waals surface area contributed by atoms with Crippen molar-refractivity contribution in [2.75, 3.05) is 13.1 Å². The van der Waals surface area contributed by atoms with Crippen molar-refractivity contribution in [3.63, 3.8) is 0 Å². The Morgan fingerprint density at radius 2 is 1.76 bits per heavy atom. The second-order valence-electron chi connectivity index (χ2n) is 8.40. The van der Waals surface area contributed by atoms with E-state index in [2.05, 4.69) is 50.2 Å². The third-order valence-corrected chi connectivity index (χ3v) is 6.35. The number of H-pyrrole nitrogens is 2. The first-order valence-electron chi connectivity index (χ1n) is 11.1. The van der Waals surface area contributed by atoms with Gasteiger partial charge in [-0.15, -0.1) is 0 Å². The fraction of sp³-hybridized carbons (Fsp3) is 0.200. The van der Waals surface area contributed by atoms with Gasteiger partial charge in [-0.3, -0.25) is 9.78 Å². The van der Waals surface area contributed by atoms with Crippen LogP contribution >= 0.6 is 0 Å². The number of hydrogen-bond acceptors (Lipinski definition) is 5. The van der Waals surface area contributed by atoms with Crippen LogP contribution in [0.2, 0.25) is 0 Å². The summed E-state index contributed by atoms with van der Waals surface area (Å²) in [5.41, 5.74) is 2.82. The van der Waals surface area contributed by atoms with Gasteiger partial charge in [-0.2, -0.15) is 0 Å². The molecule has 0 amide bonds. The molecule has 164 valence electrons. The van der Waals surface area contributed by atoms with Gasteiger partial charge in [-0.05, 0) is 54.4 Å². The Labute approximate surface area is 188 Å². The van der Waals surface area contributed by atoms with Gasteiger partial charge in [0.15, 0.2) is 5.65 Å². The lowest BCUT2D eigenvalue weighted by molar-refractivity contribution is 0.376. The molecule has 0 atom stereocenters. The number of nitrogens with one attached hydrogen (secondary N) is 3. The zero-order chi connectivity index (χ0) is 22.4. The minimum absolute atomic E-state index is 0.164. The number of hydrogen-bond donors (Lipinski definition) is 3. The molecule has 1 aliphatic rings. The van der Waals surface area contributed by atoms with Crippen molar-refractivity contribution < 1.29 is 0 Å².